The van der Waals surface area contributed by atoms with Crippen LogP contribution in [0.4, 0.5) is 0 Å². The molecule has 1 fully saturated rings. The minimum absolute atomic E-state index is 0.0710. The molecule has 3 heteroatoms. The minimum Gasteiger partial charge on any atom is -0.395 e. The van der Waals surface area contributed by atoms with Crippen molar-refractivity contribution in [2.45, 2.75) is 25.3 Å². The van der Waals surface area contributed by atoms with Gasteiger partial charge in [-0.05, 0) is 13.8 Å². The Morgan fingerprint density at radius 1 is 1.89 bits per heavy atom. The summed E-state index contributed by atoms with van der Waals surface area (Å²) in [5, 5.41) is 7.92. The third-order valence-electron chi connectivity index (χ3n) is 0.752. The Kier molecular flexibility index (Phi) is 5.15. The van der Waals surface area contributed by atoms with Crippen LogP contribution in [-0.4, -0.2) is 29.8 Å². The first-order chi connectivity index (χ1) is 4.16. The maximum Gasteiger partial charge on any atom is 0.0781 e. The fraction of sp³-hybridized carbons (Fsp3) is 1.00. The van der Waals surface area contributed by atoms with E-state index in [1.807, 2.05) is 0 Å². The molecule has 1 aliphatic heterocycles. The van der Waals surface area contributed by atoms with Gasteiger partial charge in [0.2, 0.25) is 0 Å². The summed E-state index contributed by atoms with van der Waals surface area (Å²) in [6, 6.07) is 0. The van der Waals surface area contributed by atoms with Crippen LogP contribution < -0.4 is 0 Å². The number of ether oxygens (including phenoxy) is 1. The first-order valence-electron chi connectivity index (χ1n) is 3.03. The zero-order valence-electron chi connectivity index (χ0n) is 5.80. The molecule has 0 saturated carbocycles. The molecule has 1 heterocycles. The number of halogens is 1. The highest BCUT2D eigenvalue weighted by Crippen LogP contribution is 2.04. The van der Waals surface area contributed by atoms with Gasteiger partial charge in [0.15, 0.2) is 0 Å². The summed E-state index contributed by atoms with van der Waals surface area (Å²) >= 11 is 5.21. The van der Waals surface area contributed by atoms with E-state index in [1.165, 1.54) is 0 Å². The van der Waals surface area contributed by atoms with Crippen molar-refractivity contribution in [3.63, 3.8) is 0 Å². The second-order valence-electron chi connectivity index (χ2n) is 2.11. The molecule has 1 saturated heterocycles. The zero-order chi connectivity index (χ0) is 7.28. The average molecular weight is 153 g/mol. The van der Waals surface area contributed by atoms with Gasteiger partial charge in [-0.1, -0.05) is 0 Å². The average Bonchev–Trinajstić information content (AvgIpc) is 2.53. The molecule has 1 rings (SSSR count). The van der Waals surface area contributed by atoms with Crippen LogP contribution >= 0.6 is 11.6 Å². The maximum absolute atomic E-state index is 8.01. The Hall–Kier alpha value is 0.210. The highest BCUT2D eigenvalue weighted by molar-refractivity contribution is 6.20. The molecule has 1 aliphatic rings. The van der Waals surface area contributed by atoms with E-state index < -0.39 is 0 Å². The quantitative estimate of drug-likeness (QED) is 0.450. The third kappa shape index (κ3) is 11.7. The molecule has 9 heavy (non-hydrogen) atoms. The lowest BCUT2D eigenvalue weighted by atomic mass is 10.5. The number of alkyl halides is 1. The minimum atomic E-state index is -0.0880. The SMILES string of the molecule is CC(Cl)CO.CC1CO1. The van der Waals surface area contributed by atoms with Gasteiger partial charge in [0.25, 0.3) is 0 Å². The van der Waals surface area contributed by atoms with Gasteiger partial charge in [-0.15, -0.1) is 11.6 Å². The predicted molar refractivity (Wildman–Crippen MR) is 37.8 cm³/mol. The van der Waals surface area contributed by atoms with Crippen molar-refractivity contribution < 1.29 is 9.84 Å². The Morgan fingerprint density at radius 2 is 2.11 bits per heavy atom. The largest absolute Gasteiger partial charge is 0.395 e. The molecule has 0 aromatic heterocycles. The number of hydrogen-bond donors (Lipinski definition) is 1. The summed E-state index contributed by atoms with van der Waals surface area (Å²) in [6.07, 6.45) is 0.583. The monoisotopic (exact) mass is 152 g/mol. The van der Waals surface area contributed by atoms with Crippen molar-refractivity contribution >= 4 is 11.6 Å². The van der Waals surface area contributed by atoms with Crippen molar-refractivity contribution in [1.29, 1.82) is 0 Å². The second kappa shape index (κ2) is 5.03. The highest BCUT2D eigenvalue weighted by Gasteiger charge is 2.13. The molecular weight excluding hydrogens is 140 g/mol. The molecule has 0 aliphatic carbocycles. The van der Waals surface area contributed by atoms with Crippen LogP contribution in [0.1, 0.15) is 13.8 Å². The van der Waals surface area contributed by atoms with Gasteiger partial charge in [-0.2, -0.15) is 0 Å². The highest BCUT2D eigenvalue weighted by atomic mass is 35.5. The third-order valence-corrected chi connectivity index (χ3v) is 0.890. The van der Waals surface area contributed by atoms with Crippen molar-refractivity contribution in [3.8, 4) is 0 Å². The predicted octanol–water partition coefficient (Wildman–Crippen LogP) is 1.01. The number of hydrogen-bond acceptors (Lipinski definition) is 2. The number of aliphatic hydroxyl groups is 1. The Bertz CT molecular complexity index is 62.1. The van der Waals surface area contributed by atoms with E-state index in [2.05, 4.69) is 6.92 Å². The summed E-state index contributed by atoms with van der Waals surface area (Å²) in [5.74, 6) is 0. The van der Waals surface area contributed by atoms with E-state index in [0.29, 0.717) is 6.10 Å². The summed E-state index contributed by atoms with van der Waals surface area (Å²) in [6.45, 7) is 4.85. The molecule has 2 unspecified atom stereocenters. The first kappa shape index (κ1) is 9.21. The van der Waals surface area contributed by atoms with Gasteiger partial charge >= 0.3 is 0 Å². The molecule has 0 aromatic rings. The van der Waals surface area contributed by atoms with E-state index in [1.54, 1.807) is 6.92 Å². The molecule has 1 N–H and O–H groups in total. The van der Waals surface area contributed by atoms with E-state index in [-0.39, 0.29) is 12.0 Å². The Morgan fingerprint density at radius 3 is 2.11 bits per heavy atom. The van der Waals surface area contributed by atoms with E-state index in [0.717, 1.165) is 6.61 Å². The van der Waals surface area contributed by atoms with E-state index in [9.17, 15) is 0 Å². The van der Waals surface area contributed by atoms with Gasteiger partial charge in [-0.25, -0.2) is 0 Å². The maximum atomic E-state index is 8.01. The Labute approximate surface area is 60.8 Å². The summed E-state index contributed by atoms with van der Waals surface area (Å²) in [4.78, 5) is 0. The molecular formula is C6H13ClO2. The van der Waals surface area contributed by atoms with Crippen LogP contribution in [-0.2, 0) is 4.74 Å². The lowest BCUT2D eigenvalue weighted by molar-refractivity contribution is 0.298. The summed E-state index contributed by atoms with van der Waals surface area (Å²) < 4.78 is 4.71. The van der Waals surface area contributed by atoms with Crippen LogP contribution in [0, 0.1) is 0 Å². The van der Waals surface area contributed by atoms with Crippen LogP contribution in [0.3, 0.4) is 0 Å². The number of aliphatic hydroxyl groups excluding tert-OH is 1. The Balaban J connectivity index is 0.000000144. The van der Waals surface area contributed by atoms with Gasteiger partial charge < -0.3 is 9.84 Å². The summed E-state index contributed by atoms with van der Waals surface area (Å²) in [5.41, 5.74) is 0. The van der Waals surface area contributed by atoms with Crippen LogP contribution in [0.2, 0.25) is 0 Å². The van der Waals surface area contributed by atoms with Crippen molar-refractivity contribution in [1.82, 2.24) is 0 Å². The van der Waals surface area contributed by atoms with Crippen LogP contribution in [0.5, 0.6) is 0 Å². The van der Waals surface area contributed by atoms with Gasteiger partial charge in [-0.3, -0.25) is 0 Å². The van der Waals surface area contributed by atoms with Crippen molar-refractivity contribution in [2.75, 3.05) is 13.2 Å². The lowest BCUT2D eigenvalue weighted by Crippen LogP contribution is -1.94. The molecule has 0 radical (unpaired) electrons. The molecule has 0 amide bonds. The normalized spacial score (nSPS) is 26.0. The topological polar surface area (TPSA) is 32.8 Å². The number of epoxide rings is 1. The fourth-order valence-electron chi connectivity index (χ4n) is 0.0962. The molecule has 0 spiro atoms. The zero-order valence-corrected chi connectivity index (χ0v) is 6.56. The smallest absolute Gasteiger partial charge is 0.0781 e. The van der Waals surface area contributed by atoms with Crippen LogP contribution in [0.15, 0.2) is 0 Å². The lowest BCUT2D eigenvalue weighted by Gasteiger charge is -1.87. The molecule has 0 aromatic carbocycles. The molecule has 2 atom stereocenters. The van der Waals surface area contributed by atoms with E-state index >= 15 is 0 Å². The van der Waals surface area contributed by atoms with Gasteiger partial charge in [0.05, 0.1) is 24.7 Å². The van der Waals surface area contributed by atoms with Crippen molar-refractivity contribution in [2.24, 2.45) is 0 Å². The van der Waals surface area contributed by atoms with E-state index in [4.69, 9.17) is 21.4 Å². The molecule has 56 valence electrons. The second-order valence-corrected chi connectivity index (χ2v) is 2.85. The summed E-state index contributed by atoms with van der Waals surface area (Å²) in [7, 11) is 0. The molecule has 2 nitrogen and oxygen atoms in total. The van der Waals surface area contributed by atoms with Crippen molar-refractivity contribution in [3.05, 3.63) is 0 Å². The first-order valence-corrected chi connectivity index (χ1v) is 3.47. The standard InChI is InChI=1S/C3H7ClO.C3H6O/c1-3(4)2-5;1-3-2-4-3/h3,5H,2H2,1H3;3H,2H2,1H3. The fourth-order valence-corrected chi connectivity index (χ4v) is 0.0962. The van der Waals surface area contributed by atoms with Gasteiger partial charge in [0, 0.05) is 0 Å². The number of rotatable bonds is 1. The molecule has 0 bridgehead atoms. The van der Waals surface area contributed by atoms with Crippen LogP contribution in [0.25, 0.3) is 0 Å². The van der Waals surface area contributed by atoms with Gasteiger partial charge in [0.1, 0.15) is 0 Å².